The zero-order chi connectivity index (χ0) is 27.1. The van der Waals surface area contributed by atoms with Crippen LogP contribution in [0.2, 0.25) is 0 Å². The second kappa shape index (κ2) is 12.6. The molecule has 2 aliphatic rings. The molecule has 2 amide bonds. The van der Waals surface area contributed by atoms with Gasteiger partial charge in [0.15, 0.2) is 5.69 Å². The lowest BCUT2D eigenvalue weighted by atomic mass is 9.81. The molecule has 0 radical (unpaired) electrons. The molecule has 4 rings (SSSR count). The van der Waals surface area contributed by atoms with Gasteiger partial charge in [0.1, 0.15) is 5.78 Å². The van der Waals surface area contributed by atoms with Crippen LogP contribution >= 0.6 is 0 Å². The molecule has 206 valence electrons. The Hall–Kier alpha value is -3.17. The first-order valence-corrected chi connectivity index (χ1v) is 13.5. The summed E-state index contributed by atoms with van der Waals surface area (Å²) in [6.45, 7) is 1.30. The number of nitrogens with zero attached hydrogens (tertiary/aromatic N) is 3. The third-order valence-electron chi connectivity index (χ3n) is 7.62. The number of halogens is 3. The molecule has 0 bridgehead atoms. The van der Waals surface area contributed by atoms with Crippen molar-refractivity contribution in [3.05, 3.63) is 47.8 Å². The number of rotatable bonds is 9. The fourth-order valence-corrected chi connectivity index (χ4v) is 5.42. The molecule has 0 unspecified atom stereocenters. The van der Waals surface area contributed by atoms with Gasteiger partial charge in [-0.3, -0.25) is 14.4 Å². The monoisotopic (exact) mass is 532 g/mol. The van der Waals surface area contributed by atoms with Crippen LogP contribution < -0.4 is 5.32 Å². The van der Waals surface area contributed by atoms with Crippen LogP contribution in [-0.2, 0) is 15.8 Å². The van der Waals surface area contributed by atoms with Crippen molar-refractivity contribution in [3.8, 4) is 5.69 Å². The van der Waals surface area contributed by atoms with Gasteiger partial charge in [-0.05, 0) is 50.2 Å². The van der Waals surface area contributed by atoms with Crippen molar-refractivity contribution in [3.63, 3.8) is 0 Å². The highest BCUT2D eigenvalue weighted by atomic mass is 19.4. The standard InChI is InChI=1S/C28H35F3N4O3/c29-28(30,31)26-23(19-35(33-26)22-10-5-2-6-11-22)27(38)32-15-7-12-25(37)34-16-13-20(14-17-34)18-24(36)21-8-3-1-4-9-21/h2,5-6,10-11,19-21H,1,3-4,7-9,12-18H2,(H,32,38). The van der Waals surface area contributed by atoms with Crippen molar-refractivity contribution >= 4 is 17.6 Å². The smallest absolute Gasteiger partial charge is 0.352 e. The molecule has 1 aliphatic heterocycles. The Morgan fingerprint density at radius 1 is 0.974 bits per heavy atom. The zero-order valence-electron chi connectivity index (χ0n) is 21.5. The highest BCUT2D eigenvalue weighted by molar-refractivity contribution is 5.95. The van der Waals surface area contributed by atoms with Crippen LogP contribution in [0.3, 0.4) is 0 Å². The number of hydrogen-bond acceptors (Lipinski definition) is 4. The van der Waals surface area contributed by atoms with Gasteiger partial charge in [0.25, 0.3) is 5.91 Å². The number of Topliss-reactive ketones (excluding diaryl/α,β-unsaturated/α-hetero) is 1. The summed E-state index contributed by atoms with van der Waals surface area (Å²) < 4.78 is 41.6. The van der Waals surface area contributed by atoms with Gasteiger partial charge >= 0.3 is 6.18 Å². The van der Waals surface area contributed by atoms with Crippen LogP contribution in [0.1, 0.15) is 80.3 Å². The van der Waals surface area contributed by atoms with E-state index in [-0.39, 0.29) is 24.8 Å². The van der Waals surface area contributed by atoms with Gasteiger partial charge < -0.3 is 10.2 Å². The quantitative estimate of drug-likeness (QED) is 0.451. The number of ketones is 1. The fraction of sp³-hybridized carbons (Fsp3) is 0.571. The molecule has 10 heteroatoms. The number of benzene rings is 1. The molecule has 1 aromatic heterocycles. The molecule has 1 aliphatic carbocycles. The van der Waals surface area contributed by atoms with E-state index in [9.17, 15) is 27.6 Å². The Morgan fingerprint density at radius 2 is 1.66 bits per heavy atom. The molecular weight excluding hydrogens is 497 g/mol. The zero-order valence-corrected chi connectivity index (χ0v) is 21.5. The third-order valence-corrected chi connectivity index (χ3v) is 7.62. The number of aromatic nitrogens is 2. The lowest BCUT2D eigenvalue weighted by Gasteiger charge is -2.32. The number of carbonyl (C=O) groups is 3. The normalized spacial score (nSPS) is 17.4. The van der Waals surface area contributed by atoms with E-state index in [1.165, 1.54) is 6.42 Å². The van der Waals surface area contributed by atoms with Gasteiger partial charge in [0.05, 0.1) is 11.3 Å². The van der Waals surface area contributed by atoms with Crippen molar-refractivity contribution in [1.82, 2.24) is 20.0 Å². The third kappa shape index (κ3) is 7.23. The predicted octanol–water partition coefficient (Wildman–Crippen LogP) is 5.18. The lowest BCUT2D eigenvalue weighted by molar-refractivity contribution is -0.141. The maximum absolute atomic E-state index is 13.5. The first kappa shape index (κ1) is 27.9. The van der Waals surface area contributed by atoms with Crippen LogP contribution in [0.25, 0.3) is 5.69 Å². The number of likely N-dealkylation sites (tertiary alicyclic amines) is 1. The summed E-state index contributed by atoms with van der Waals surface area (Å²) in [5.41, 5.74) is -1.40. The summed E-state index contributed by atoms with van der Waals surface area (Å²) in [5.74, 6) is 0.0127. The van der Waals surface area contributed by atoms with Crippen LogP contribution in [-0.4, -0.2) is 51.9 Å². The first-order chi connectivity index (χ1) is 18.2. The van der Waals surface area contributed by atoms with E-state index in [4.69, 9.17) is 0 Å². The number of para-hydroxylation sites is 1. The SMILES string of the molecule is O=C(NCCCC(=O)N1CCC(CC(=O)C2CCCCC2)CC1)c1cn(-c2ccccc2)nc1C(F)(F)F. The van der Waals surface area contributed by atoms with E-state index < -0.39 is 23.3 Å². The number of amides is 2. The maximum Gasteiger partial charge on any atom is 0.435 e. The molecule has 2 fully saturated rings. The predicted molar refractivity (Wildman–Crippen MR) is 136 cm³/mol. The topological polar surface area (TPSA) is 84.3 Å². The minimum atomic E-state index is -4.78. The van der Waals surface area contributed by atoms with Crippen molar-refractivity contribution in [2.75, 3.05) is 19.6 Å². The van der Waals surface area contributed by atoms with Crippen LogP contribution in [0.5, 0.6) is 0 Å². The number of nitrogens with one attached hydrogen (secondary N) is 1. The van der Waals surface area contributed by atoms with Crippen LogP contribution in [0.15, 0.2) is 36.5 Å². The van der Waals surface area contributed by atoms with Gasteiger partial charge in [0.2, 0.25) is 5.91 Å². The maximum atomic E-state index is 13.5. The summed E-state index contributed by atoms with van der Waals surface area (Å²) >= 11 is 0. The molecule has 2 aromatic rings. The average molecular weight is 533 g/mol. The average Bonchev–Trinajstić information content (AvgIpc) is 3.39. The Kier molecular flexibility index (Phi) is 9.22. The molecule has 1 aromatic carbocycles. The van der Waals surface area contributed by atoms with Gasteiger partial charge in [-0.1, -0.05) is 37.5 Å². The van der Waals surface area contributed by atoms with E-state index in [0.29, 0.717) is 43.3 Å². The number of piperidine rings is 1. The Bertz CT molecular complexity index is 1100. The van der Waals surface area contributed by atoms with Gasteiger partial charge in [-0.25, -0.2) is 4.68 Å². The summed E-state index contributed by atoms with van der Waals surface area (Å²) in [7, 11) is 0. The summed E-state index contributed by atoms with van der Waals surface area (Å²) in [5, 5.41) is 6.08. The molecule has 0 atom stereocenters. The van der Waals surface area contributed by atoms with Crippen molar-refractivity contribution in [1.29, 1.82) is 0 Å². The number of hydrogen-bond donors (Lipinski definition) is 1. The first-order valence-electron chi connectivity index (χ1n) is 13.5. The minimum Gasteiger partial charge on any atom is -0.352 e. The minimum absolute atomic E-state index is 0.0378. The van der Waals surface area contributed by atoms with Crippen LogP contribution in [0, 0.1) is 11.8 Å². The van der Waals surface area contributed by atoms with Crippen molar-refractivity contribution in [2.45, 2.75) is 70.4 Å². The fourth-order valence-electron chi connectivity index (χ4n) is 5.42. The number of alkyl halides is 3. The highest BCUT2D eigenvalue weighted by Crippen LogP contribution is 2.32. The van der Waals surface area contributed by atoms with Crippen molar-refractivity contribution in [2.24, 2.45) is 11.8 Å². The Balaban J connectivity index is 1.21. The number of carbonyl (C=O) groups excluding carboxylic acids is 3. The molecule has 0 spiro atoms. The molecular formula is C28H35F3N4O3. The second-order valence-electron chi connectivity index (χ2n) is 10.4. The Labute approximate surface area is 220 Å². The molecule has 7 nitrogen and oxygen atoms in total. The van der Waals surface area contributed by atoms with E-state index in [1.807, 2.05) is 0 Å². The molecule has 1 saturated heterocycles. The van der Waals surface area contributed by atoms with Gasteiger partial charge in [-0.15, -0.1) is 0 Å². The second-order valence-corrected chi connectivity index (χ2v) is 10.4. The summed E-state index contributed by atoms with van der Waals surface area (Å²) in [6, 6.07) is 8.25. The van der Waals surface area contributed by atoms with E-state index >= 15 is 0 Å². The van der Waals surface area contributed by atoms with Gasteiger partial charge in [0, 0.05) is 44.6 Å². The molecule has 1 saturated carbocycles. The van der Waals surface area contributed by atoms with E-state index in [1.54, 1.807) is 35.2 Å². The van der Waals surface area contributed by atoms with E-state index in [2.05, 4.69) is 10.4 Å². The van der Waals surface area contributed by atoms with Crippen LogP contribution in [0.4, 0.5) is 13.2 Å². The summed E-state index contributed by atoms with van der Waals surface area (Å²) in [4.78, 5) is 39.5. The Morgan fingerprint density at radius 3 is 2.32 bits per heavy atom. The summed E-state index contributed by atoms with van der Waals surface area (Å²) in [6.07, 6.45) is 4.58. The van der Waals surface area contributed by atoms with Crippen molar-refractivity contribution < 1.29 is 27.6 Å². The highest BCUT2D eigenvalue weighted by Gasteiger charge is 2.39. The lowest BCUT2D eigenvalue weighted by Crippen LogP contribution is -2.39. The largest absolute Gasteiger partial charge is 0.435 e. The molecule has 38 heavy (non-hydrogen) atoms. The molecule has 2 heterocycles. The molecule has 1 N–H and O–H groups in total. The van der Waals surface area contributed by atoms with Gasteiger partial charge in [-0.2, -0.15) is 18.3 Å². The van der Waals surface area contributed by atoms with E-state index in [0.717, 1.165) is 49.4 Å².